The molecule has 0 atom stereocenters. The van der Waals surface area contributed by atoms with Gasteiger partial charge in [-0.1, -0.05) is 11.3 Å². The molecule has 0 radical (unpaired) electrons. The number of hydrogen-bond acceptors (Lipinski definition) is 7. The number of hydrogen-bond donors (Lipinski definition) is 0. The van der Waals surface area contributed by atoms with Gasteiger partial charge in [0.25, 0.3) is 0 Å². The molecule has 0 saturated carbocycles. The lowest BCUT2D eigenvalue weighted by molar-refractivity contribution is 0.0591. The third-order valence-electron chi connectivity index (χ3n) is 3.39. The zero-order valence-electron chi connectivity index (χ0n) is 11.7. The predicted octanol–water partition coefficient (Wildman–Crippen LogP) is 2.76. The number of fused-ring (bicyclic) bond motifs is 1. The maximum absolute atomic E-state index is 11.7. The smallest absolute Gasteiger partial charge is 0.358 e. The van der Waals surface area contributed by atoms with Crippen molar-refractivity contribution in [2.75, 3.05) is 18.6 Å². The molecule has 0 aromatic carbocycles. The van der Waals surface area contributed by atoms with E-state index < -0.39 is 5.97 Å². The summed E-state index contributed by atoms with van der Waals surface area (Å²) in [5.74, 6) is -0.719. The predicted molar refractivity (Wildman–Crippen MR) is 82.5 cm³/mol. The van der Waals surface area contributed by atoms with E-state index in [1.807, 2.05) is 0 Å². The normalized spacial score (nSPS) is 13.9. The Morgan fingerprint density at radius 3 is 2.95 bits per heavy atom. The molecule has 0 spiro atoms. The minimum Gasteiger partial charge on any atom is -0.464 e. The van der Waals surface area contributed by atoms with Crippen LogP contribution in [0.4, 0.5) is 5.13 Å². The summed E-state index contributed by atoms with van der Waals surface area (Å²) in [6, 6.07) is 2.12. The van der Waals surface area contributed by atoms with E-state index in [4.69, 9.17) is 4.74 Å². The van der Waals surface area contributed by atoms with Crippen molar-refractivity contribution >= 4 is 39.6 Å². The summed E-state index contributed by atoms with van der Waals surface area (Å²) >= 11 is 3.04. The van der Waals surface area contributed by atoms with Crippen molar-refractivity contribution in [2.45, 2.75) is 19.9 Å². The maximum Gasteiger partial charge on any atom is 0.358 e. The van der Waals surface area contributed by atoms with Gasteiger partial charge in [-0.2, -0.15) is 0 Å². The van der Waals surface area contributed by atoms with E-state index in [1.54, 1.807) is 11.3 Å². The standard InChI is InChI=1S/C14H14N2O3S2/c1-8(17)12-11(13(18)19-2)15-14(21-12)16-5-3-10-9(7-16)4-6-20-10/h4,6H,3,5,7H2,1-2H3. The number of aromatic nitrogens is 1. The zero-order chi connectivity index (χ0) is 15.0. The molecule has 0 unspecified atom stereocenters. The summed E-state index contributed by atoms with van der Waals surface area (Å²) in [4.78, 5) is 31.6. The molecule has 1 aliphatic rings. The average Bonchev–Trinajstić information content (AvgIpc) is 3.11. The van der Waals surface area contributed by atoms with E-state index in [2.05, 4.69) is 21.3 Å². The summed E-state index contributed by atoms with van der Waals surface area (Å²) in [6.45, 7) is 3.06. The summed E-state index contributed by atoms with van der Waals surface area (Å²) in [6.07, 6.45) is 0.968. The van der Waals surface area contributed by atoms with Crippen LogP contribution < -0.4 is 4.90 Å². The molecule has 0 N–H and O–H groups in total. The van der Waals surface area contributed by atoms with Crippen molar-refractivity contribution < 1.29 is 14.3 Å². The number of nitrogens with zero attached hydrogens (tertiary/aromatic N) is 2. The van der Waals surface area contributed by atoms with E-state index in [0.29, 0.717) is 10.0 Å². The first-order chi connectivity index (χ1) is 10.1. The summed E-state index contributed by atoms with van der Waals surface area (Å²) < 4.78 is 4.71. The molecular weight excluding hydrogens is 308 g/mol. The largest absolute Gasteiger partial charge is 0.464 e. The molecule has 5 nitrogen and oxygen atoms in total. The Morgan fingerprint density at radius 2 is 2.24 bits per heavy atom. The van der Waals surface area contributed by atoms with Crippen LogP contribution in [0.1, 0.15) is 37.5 Å². The Kier molecular flexibility index (Phi) is 3.77. The van der Waals surface area contributed by atoms with E-state index >= 15 is 0 Å². The number of methoxy groups -OCH3 is 1. The first-order valence-corrected chi connectivity index (χ1v) is 8.20. The molecule has 2 aromatic rings. The fraction of sp³-hybridized carbons (Fsp3) is 0.357. The Hall–Kier alpha value is -1.73. The van der Waals surface area contributed by atoms with Crippen LogP contribution >= 0.6 is 22.7 Å². The van der Waals surface area contributed by atoms with Gasteiger partial charge in [0.15, 0.2) is 16.6 Å². The number of ketones is 1. The van der Waals surface area contributed by atoms with E-state index in [0.717, 1.165) is 19.5 Å². The second kappa shape index (κ2) is 5.57. The molecule has 21 heavy (non-hydrogen) atoms. The van der Waals surface area contributed by atoms with Gasteiger partial charge in [-0.25, -0.2) is 9.78 Å². The number of carbonyl (C=O) groups excluding carboxylic acids is 2. The van der Waals surface area contributed by atoms with Gasteiger partial charge in [0, 0.05) is 24.9 Å². The van der Waals surface area contributed by atoms with Crippen molar-refractivity contribution in [3.63, 3.8) is 0 Å². The van der Waals surface area contributed by atoms with Crippen LogP contribution in [0.25, 0.3) is 0 Å². The van der Waals surface area contributed by atoms with Crippen LogP contribution in [-0.4, -0.2) is 30.4 Å². The lowest BCUT2D eigenvalue weighted by Gasteiger charge is -2.26. The third-order valence-corrected chi connectivity index (χ3v) is 5.63. The van der Waals surface area contributed by atoms with Gasteiger partial charge in [-0.15, -0.1) is 11.3 Å². The lowest BCUT2D eigenvalue weighted by atomic mass is 10.1. The second-order valence-corrected chi connectivity index (χ2v) is 6.74. The molecule has 110 valence electrons. The molecule has 0 fully saturated rings. The highest BCUT2D eigenvalue weighted by molar-refractivity contribution is 7.17. The summed E-state index contributed by atoms with van der Waals surface area (Å²) in [5, 5.41) is 2.80. The minimum atomic E-state index is -0.559. The van der Waals surface area contributed by atoms with Crippen LogP contribution in [0, 0.1) is 0 Å². The number of thiazole rings is 1. The van der Waals surface area contributed by atoms with E-state index in [1.165, 1.54) is 35.8 Å². The second-order valence-electron chi connectivity index (χ2n) is 4.76. The average molecular weight is 322 g/mol. The van der Waals surface area contributed by atoms with Crippen molar-refractivity contribution in [3.8, 4) is 0 Å². The Labute approximate surface area is 130 Å². The fourth-order valence-corrected chi connectivity index (χ4v) is 4.19. The Morgan fingerprint density at radius 1 is 1.43 bits per heavy atom. The van der Waals surface area contributed by atoms with E-state index in [-0.39, 0.29) is 11.5 Å². The number of esters is 1. The van der Waals surface area contributed by atoms with Crippen LogP contribution in [-0.2, 0) is 17.7 Å². The number of rotatable bonds is 3. The Balaban J connectivity index is 1.93. The molecule has 3 heterocycles. The van der Waals surface area contributed by atoms with Crippen molar-refractivity contribution in [3.05, 3.63) is 32.5 Å². The monoisotopic (exact) mass is 322 g/mol. The summed E-state index contributed by atoms with van der Waals surface area (Å²) in [5.41, 5.74) is 1.42. The molecule has 0 aliphatic carbocycles. The molecule has 0 saturated heterocycles. The molecule has 0 bridgehead atoms. The highest BCUT2D eigenvalue weighted by Gasteiger charge is 2.26. The topological polar surface area (TPSA) is 59.5 Å². The van der Waals surface area contributed by atoms with Crippen LogP contribution in [0.15, 0.2) is 11.4 Å². The van der Waals surface area contributed by atoms with Gasteiger partial charge >= 0.3 is 5.97 Å². The molecule has 1 aliphatic heterocycles. The summed E-state index contributed by atoms with van der Waals surface area (Å²) in [7, 11) is 1.30. The van der Waals surface area contributed by atoms with Crippen molar-refractivity contribution in [2.24, 2.45) is 0 Å². The number of carbonyl (C=O) groups is 2. The molecule has 7 heteroatoms. The van der Waals surface area contributed by atoms with Gasteiger partial charge in [0.05, 0.1) is 7.11 Å². The van der Waals surface area contributed by atoms with Gasteiger partial charge in [0.2, 0.25) is 0 Å². The number of Topliss-reactive ketones (excluding diaryl/α,β-unsaturated/α-hetero) is 1. The van der Waals surface area contributed by atoms with Gasteiger partial charge in [0.1, 0.15) is 4.88 Å². The quantitative estimate of drug-likeness (QED) is 0.642. The zero-order valence-corrected chi connectivity index (χ0v) is 13.3. The van der Waals surface area contributed by atoms with Gasteiger partial charge in [-0.05, 0) is 23.4 Å². The first kappa shape index (κ1) is 14.2. The molecule has 0 amide bonds. The highest BCUT2D eigenvalue weighted by Crippen LogP contribution is 2.32. The number of anilines is 1. The highest BCUT2D eigenvalue weighted by atomic mass is 32.1. The molecular formula is C14H14N2O3S2. The Bertz CT molecular complexity index is 705. The maximum atomic E-state index is 11.7. The number of thiophene rings is 1. The lowest BCUT2D eigenvalue weighted by Crippen LogP contribution is -2.29. The van der Waals surface area contributed by atoms with Crippen molar-refractivity contribution in [1.29, 1.82) is 0 Å². The van der Waals surface area contributed by atoms with Crippen LogP contribution in [0.5, 0.6) is 0 Å². The fourth-order valence-electron chi connectivity index (χ4n) is 2.33. The van der Waals surface area contributed by atoms with Gasteiger partial charge < -0.3 is 9.64 Å². The minimum absolute atomic E-state index is 0.126. The molecule has 2 aromatic heterocycles. The molecule has 3 rings (SSSR count). The van der Waals surface area contributed by atoms with Crippen LogP contribution in [0.2, 0.25) is 0 Å². The first-order valence-electron chi connectivity index (χ1n) is 6.50. The third kappa shape index (κ3) is 2.58. The van der Waals surface area contributed by atoms with Crippen molar-refractivity contribution in [1.82, 2.24) is 4.98 Å². The van der Waals surface area contributed by atoms with Crippen LogP contribution in [0.3, 0.4) is 0 Å². The SMILES string of the molecule is COC(=O)c1nc(N2CCc3sccc3C2)sc1C(C)=O. The van der Waals surface area contributed by atoms with Gasteiger partial charge in [-0.3, -0.25) is 4.79 Å². The van der Waals surface area contributed by atoms with E-state index in [9.17, 15) is 9.59 Å². The number of ether oxygens (including phenoxy) is 1.